The van der Waals surface area contributed by atoms with Crippen LogP contribution in [-0.2, 0) is 4.79 Å². The fraction of sp³-hybridized carbons (Fsp3) is 0.385. The number of halogens is 2. The average molecular weight is 470 g/mol. The van der Waals surface area contributed by atoms with Crippen molar-refractivity contribution in [2.75, 3.05) is 18.1 Å². The molecule has 20 heavy (non-hydrogen) atoms. The fourth-order valence-corrected chi connectivity index (χ4v) is 4.10. The third kappa shape index (κ3) is 3.88. The van der Waals surface area contributed by atoms with Crippen molar-refractivity contribution < 1.29 is 14.7 Å². The number of rotatable bonds is 3. The van der Waals surface area contributed by atoms with Gasteiger partial charge in [0.1, 0.15) is 0 Å². The molecule has 1 aromatic rings. The molecule has 1 amide bonds. The van der Waals surface area contributed by atoms with Crippen molar-refractivity contribution in [3.8, 4) is 0 Å². The number of nitrogens with zero attached hydrogens (tertiary/aromatic N) is 1. The number of amides is 1. The van der Waals surface area contributed by atoms with Gasteiger partial charge in [0.25, 0.3) is 5.91 Å². The summed E-state index contributed by atoms with van der Waals surface area (Å²) >= 11 is 7.20. The van der Waals surface area contributed by atoms with Crippen molar-refractivity contribution in [2.45, 2.75) is 12.5 Å². The quantitative estimate of drug-likeness (QED) is 0.691. The van der Waals surface area contributed by atoms with Crippen molar-refractivity contribution in [2.24, 2.45) is 0 Å². The molecule has 7 heteroatoms. The summed E-state index contributed by atoms with van der Waals surface area (Å²) in [6.07, 6.45) is 0.00330. The molecular formula is C13H13BrINO3S. The number of hydrogen-bond acceptors (Lipinski definition) is 3. The van der Waals surface area contributed by atoms with Gasteiger partial charge in [-0.2, -0.15) is 11.8 Å². The van der Waals surface area contributed by atoms with Crippen LogP contribution in [0.25, 0.3) is 0 Å². The van der Waals surface area contributed by atoms with Crippen molar-refractivity contribution in [3.05, 3.63) is 31.8 Å². The fourth-order valence-electron chi connectivity index (χ4n) is 2.11. The zero-order chi connectivity index (χ0) is 14.7. The van der Waals surface area contributed by atoms with Crippen molar-refractivity contribution >= 4 is 62.2 Å². The topological polar surface area (TPSA) is 57.6 Å². The predicted octanol–water partition coefficient (Wildman–Crippen LogP) is 3.09. The summed E-state index contributed by atoms with van der Waals surface area (Å²) in [7, 11) is 0. The number of carboxylic acid groups (broad SMARTS) is 1. The molecule has 108 valence electrons. The molecule has 1 atom stereocenters. The summed E-state index contributed by atoms with van der Waals surface area (Å²) in [5, 5.41) is 8.98. The molecule has 0 aliphatic carbocycles. The van der Waals surface area contributed by atoms with Gasteiger partial charge in [-0.1, -0.05) is 15.9 Å². The van der Waals surface area contributed by atoms with E-state index >= 15 is 0 Å². The van der Waals surface area contributed by atoms with E-state index in [2.05, 4.69) is 38.5 Å². The van der Waals surface area contributed by atoms with Crippen LogP contribution in [0.4, 0.5) is 0 Å². The van der Waals surface area contributed by atoms with Gasteiger partial charge in [0.2, 0.25) is 0 Å². The van der Waals surface area contributed by atoms with Gasteiger partial charge in [-0.15, -0.1) is 0 Å². The summed E-state index contributed by atoms with van der Waals surface area (Å²) in [4.78, 5) is 25.3. The smallest absolute Gasteiger partial charge is 0.305 e. The maximum atomic E-state index is 12.7. The van der Waals surface area contributed by atoms with Crippen LogP contribution in [-0.4, -0.2) is 46.0 Å². The molecule has 0 bridgehead atoms. The van der Waals surface area contributed by atoms with E-state index in [9.17, 15) is 9.59 Å². The van der Waals surface area contributed by atoms with Gasteiger partial charge >= 0.3 is 5.97 Å². The minimum absolute atomic E-state index is 0.00330. The first-order valence-electron chi connectivity index (χ1n) is 6.04. The van der Waals surface area contributed by atoms with Crippen LogP contribution in [0.15, 0.2) is 22.7 Å². The number of thioether (sulfide) groups is 1. The third-order valence-electron chi connectivity index (χ3n) is 3.06. The number of carbonyl (C=O) groups excluding carboxylic acids is 1. The summed E-state index contributed by atoms with van der Waals surface area (Å²) in [6, 6.07) is 5.33. The van der Waals surface area contributed by atoms with Crippen LogP contribution < -0.4 is 0 Å². The highest BCUT2D eigenvalue weighted by atomic mass is 127. The Labute approximate surface area is 143 Å². The molecule has 1 aromatic carbocycles. The van der Waals surface area contributed by atoms with E-state index in [1.54, 1.807) is 22.7 Å². The van der Waals surface area contributed by atoms with Crippen LogP contribution in [0, 0.1) is 3.57 Å². The maximum Gasteiger partial charge on any atom is 0.305 e. The molecule has 0 aromatic heterocycles. The molecule has 1 aliphatic rings. The van der Waals surface area contributed by atoms with E-state index in [4.69, 9.17) is 5.11 Å². The molecule has 1 saturated heterocycles. The van der Waals surface area contributed by atoms with Gasteiger partial charge in [0.15, 0.2) is 0 Å². The summed E-state index contributed by atoms with van der Waals surface area (Å²) in [6.45, 7) is 0.601. The molecule has 1 fully saturated rings. The van der Waals surface area contributed by atoms with Crippen LogP contribution >= 0.6 is 50.3 Å². The second-order valence-electron chi connectivity index (χ2n) is 4.45. The summed E-state index contributed by atoms with van der Waals surface area (Å²) in [5.74, 6) is 0.594. The summed E-state index contributed by atoms with van der Waals surface area (Å²) < 4.78 is 1.73. The number of aliphatic carboxylic acids is 1. The van der Waals surface area contributed by atoms with E-state index in [0.29, 0.717) is 17.9 Å². The Kier molecular flexibility index (Phi) is 5.74. The van der Waals surface area contributed by atoms with Gasteiger partial charge < -0.3 is 10.0 Å². The SMILES string of the molecule is O=C(O)CC1CSCCN1C(=O)c1cc(Br)ccc1I. The minimum Gasteiger partial charge on any atom is -0.481 e. The lowest BCUT2D eigenvalue weighted by Crippen LogP contribution is -2.47. The number of hydrogen-bond donors (Lipinski definition) is 1. The lowest BCUT2D eigenvalue weighted by atomic mass is 10.1. The molecule has 1 N–H and O–H groups in total. The zero-order valence-corrected chi connectivity index (χ0v) is 15.1. The second-order valence-corrected chi connectivity index (χ2v) is 7.68. The lowest BCUT2D eigenvalue weighted by Gasteiger charge is -2.35. The molecule has 0 spiro atoms. The number of benzene rings is 1. The molecule has 0 saturated carbocycles. The van der Waals surface area contributed by atoms with Crippen molar-refractivity contribution in [1.82, 2.24) is 4.90 Å². The largest absolute Gasteiger partial charge is 0.481 e. The molecule has 1 aliphatic heterocycles. The monoisotopic (exact) mass is 469 g/mol. The van der Waals surface area contributed by atoms with Gasteiger partial charge in [-0.25, -0.2) is 0 Å². The highest BCUT2D eigenvalue weighted by molar-refractivity contribution is 14.1. The highest BCUT2D eigenvalue weighted by Gasteiger charge is 2.30. The first-order chi connectivity index (χ1) is 9.49. The highest BCUT2D eigenvalue weighted by Crippen LogP contribution is 2.25. The Bertz CT molecular complexity index is 540. The Morgan fingerprint density at radius 1 is 1.50 bits per heavy atom. The Balaban J connectivity index is 2.25. The number of carbonyl (C=O) groups is 2. The Morgan fingerprint density at radius 2 is 2.25 bits per heavy atom. The van der Waals surface area contributed by atoms with E-state index in [-0.39, 0.29) is 18.4 Å². The predicted molar refractivity (Wildman–Crippen MR) is 91.3 cm³/mol. The Hall–Kier alpha value is -0.280. The third-order valence-corrected chi connectivity index (χ3v) is 5.58. The van der Waals surface area contributed by atoms with E-state index in [1.807, 2.05) is 12.1 Å². The molecule has 4 nitrogen and oxygen atoms in total. The van der Waals surface area contributed by atoms with Crippen molar-refractivity contribution in [1.29, 1.82) is 0 Å². The number of carboxylic acids is 1. The van der Waals surface area contributed by atoms with Crippen LogP contribution in [0.2, 0.25) is 0 Å². The molecule has 2 rings (SSSR count). The lowest BCUT2D eigenvalue weighted by molar-refractivity contribution is -0.138. The van der Waals surface area contributed by atoms with Crippen LogP contribution in [0.3, 0.4) is 0 Å². The van der Waals surface area contributed by atoms with Gasteiger partial charge in [0, 0.05) is 26.1 Å². The summed E-state index contributed by atoms with van der Waals surface area (Å²) in [5.41, 5.74) is 0.627. The van der Waals surface area contributed by atoms with Crippen molar-refractivity contribution in [3.63, 3.8) is 0 Å². The van der Waals surface area contributed by atoms with E-state index in [0.717, 1.165) is 13.8 Å². The molecule has 0 radical (unpaired) electrons. The average Bonchev–Trinajstić information content (AvgIpc) is 2.41. The minimum atomic E-state index is -0.862. The standard InChI is InChI=1S/C13H13BrINO3S/c14-8-1-2-11(15)10(5-8)13(19)16-3-4-20-7-9(16)6-12(17)18/h1-2,5,9H,3-4,6-7H2,(H,17,18). The van der Waals surface area contributed by atoms with Crippen LogP contribution in [0.5, 0.6) is 0 Å². The Morgan fingerprint density at radius 3 is 2.95 bits per heavy atom. The first-order valence-corrected chi connectivity index (χ1v) is 9.07. The molecular weight excluding hydrogens is 457 g/mol. The van der Waals surface area contributed by atoms with Crippen LogP contribution in [0.1, 0.15) is 16.8 Å². The first kappa shape index (κ1) is 16.1. The van der Waals surface area contributed by atoms with E-state index in [1.165, 1.54) is 0 Å². The normalized spacial score (nSPS) is 18.9. The molecule has 1 unspecified atom stereocenters. The van der Waals surface area contributed by atoms with Gasteiger partial charge in [0.05, 0.1) is 18.0 Å². The maximum absolute atomic E-state index is 12.7. The molecule has 1 heterocycles. The second kappa shape index (κ2) is 7.13. The van der Waals surface area contributed by atoms with Gasteiger partial charge in [-0.3, -0.25) is 9.59 Å². The van der Waals surface area contributed by atoms with E-state index < -0.39 is 5.97 Å². The van der Waals surface area contributed by atoms with Gasteiger partial charge in [-0.05, 0) is 40.8 Å². The zero-order valence-electron chi connectivity index (χ0n) is 10.5.